The quantitative estimate of drug-likeness (QED) is 0.739. The molecule has 2 heterocycles. The lowest BCUT2D eigenvalue weighted by Gasteiger charge is -2.36. The van der Waals surface area contributed by atoms with E-state index in [9.17, 15) is 0 Å². The summed E-state index contributed by atoms with van der Waals surface area (Å²) in [4.78, 5) is 5.03. The van der Waals surface area contributed by atoms with E-state index in [4.69, 9.17) is 4.74 Å². The van der Waals surface area contributed by atoms with E-state index in [1.165, 1.54) is 27.6 Å². The van der Waals surface area contributed by atoms with Crippen molar-refractivity contribution >= 4 is 16.5 Å². The monoisotopic (exact) mass is 373 g/mol. The molecule has 144 valence electrons. The molecule has 0 aromatic heterocycles. The average molecular weight is 374 g/mol. The van der Waals surface area contributed by atoms with Gasteiger partial charge in [-0.2, -0.15) is 0 Å². The second-order valence-corrected chi connectivity index (χ2v) is 7.71. The van der Waals surface area contributed by atoms with Crippen LogP contribution in [-0.2, 0) is 13.1 Å². The van der Waals surface area contributed by atoms with E-state index in [2.05, 4.69) is 75.8 Å². The second kappa shape index (κ2) is 7.82. The summed E-state index contributed by atoms with van der Waals surface area (Å²) in [7, 11) is 0. The zero-order chi connectivity index (χ0) is 18.8. The maximum atomic E-state index is 6.02. The minimum absolute atomic E-state index is 0.750. The number of piperazine rings is 1. The molecule has 2 aliphatic rings. The highest BCUT2D eigenvalue weighted by Crippen LogP contribution is 2.27. The van der Waals surface area contributed by atoms with Gasteiger partial charge in [0.05, 0.1) is 0 Å². The molecule has 1 fully saturated rings. The van der Waals surface area contributed by atoms with Crippen molar-refractivity contribution in [2.45, 2.75) is 13.1 Å². The van der Waals surface area contributed by atoms with Crippen molar-refractivity contribution in [2.24, 2.45) is 0 Å². The second-order valence-electron chi connectivity index (χ2n) is 7.71. The summed E-state index contributed by atoms with van der Waals surface area (Å²) in [6, 6.07) is 21.8. The first-order valence-corrected chi connectivity index (χ1v) is 10.3. The number of hydrogen-bond acceptors (Lipinski definition) is 4. The van der Waals surface area contributed by atoms with Crippen LogP contribution in [0.4, 0.5) is 5.69 Å². The summed E-state index contributed by atoms with van der Waals surface area (Å²) in [6.07, 6.45) is 0. The fraction of sp³-hybridized carbons (Fsp3) is 0.333. The van der Waals surface area contributed by atoms with Gasteiger partial charge in [-0.25, -0.2) is 0 Å². The van der Waals surface area contributed by atoms with Crippen molar-refractivity contribution in [2.75, 3.05) is 44.2 Å². The molecule has 0 spiro atoms. The number of fused-ring (bicyclic) bond motifs is 2. The van der Waals surface area contributed by atoms with Crippen LogP contribution in [0.1, 0.15) is 11.1 Å². The van der Waals surface area contributed by atoms with Crippen molar-refractivity contribution in [3.8, 4) is 5.75 Å². The van der Waals surface area contributed by atoms with Gasteiger partial charge in [-0.3, -0.25) is 4.90 Å². The van der Waals surface area contributed by atoms with Gasteiger partial charge < -0.3 is 15.0 Å². The minimum atomic E-state index is 0.750. The molecule has 3 aromatic rings. The van der Waals surface area contributed by atoms with E-state index in [0.717, 1.165) is 58.2 Å². The fourth-order valence-electron chi connectivity index (χ4n) is 4.35. The molecule has 1 N–H and O–H groups in total. The Bertz CT molecular complexity index is 958. The maximum absolute atomic E-state index is 6.02. The number of nitrogens with zero attached hydrogens (tertiary/aromatic N) is 2. The fourth-order valence-corrected chi connectivity index (χ4v) is 4.35. The largest absolute Gasteiger partial charge is 0.492 e. The van der Waals surface area contributed by atoms with Crippen LogP contribution in [0.25, 0.3) is 10.8 Å². The van der Waals surface area contributed by atoms with Gasteiger partial charge in [0.15, 0.2) is 0 Å². The predicted molar refractivity (Wildman–Crippen MR) is 115 cm³/mol. The third-order valence-corrected chi connectivity index (χ3v) is 5.96. The zero-order valence-electron chi connectivity index (χ0n) is 16.2. The van der Waals surface area contributed by atoms with Crippen LogP contribution in [-0.4, -0.2) is 44.2 Å². The Morgan fingerprint density at radius 2 is 1.64 bits per heavy atom. The van der Waals surface area contributed by atoms with Crippen molar-refractivity contribution in [3.05, 3.63) is 71.8 Å². The number of benzene rings is 3. The van der Waals surface area contributed by atoms with Gasteiger partial charge in [0.25, 0.3) is 0 Å². The highest BCUT2D eigenvalue weighted by molar-refractivity contribution is 5.94. The molecule has 0 bridgehead atoms. The van der Waals surface area contributed by atoms with Crippen molar-refractivity contribution in [1.29, 1.82) is 0 Å². The first kappa shape index (κ1) is 17.5. The van der Waals surface area contributed by atoms with Gasteiger partial charge in [-0.05, 0) is 34.7 Å². The number of anilines is 1. The molecule has 4 nitrogen and oxygen atoms in total. The lowest BCUT2D eigenvalue weighted by molar-refractivity contribution is 0.200. The lowest BCUT2D eigenvalue weighted by Crippen LogP contribution is -2.47. The molecule has 0 saturated carbocycles. The average Bonchev–Trinajstić information content (AvgIpc) is 3.22. The molecule has 28 heavy (non-hydrogen) atoms. The normalized spacial score (nSPS) is 17.1. The van der Waals surface area contributed by atoms with Gasteiger partial charge >= 0.3 is 0 Å². The Balaban J connectivity index is 1.14. The Morgan fingerprint density at radius 3 is 2.57 bits per heavy atom. The molecule has 1 saturated heterocycles. The van der Waals surface area contributed by atoms with Crippen LogP contribution < -0.4 is 15.0 Å². The summed E-state index contributed by atoms with van der Waals surface area (Å²) < 4.78 is 6.02. The number of nitrogens with one attached hydrogen (secondary N) is 1. The molecule has 2 aliphatic heterocycles. The molecule has 5 rings (SSSR count). The van der Waals surface area contributed by atoms with E-state index in [0.29, 0.717) is 0 Å². The summed E-state index contributed by atoms with van der Waals surface area (Å²) in [5.41, 5.74) is 4.14. The summed E-state index contributed by atoms with van der Waals surface area (Å²) >= 11 is 0. The molecule has 4 heteroatoms. The first-order chi connectivity index (χ1) is 13.9. The van der Waals surface area contributed by atoms with E-state index in [1.807, 2.05) is 0 Å². The SMILES string of the molecule is c1ccc2c(N3CCN(CCOc4ccc5c(c4)CNC5)CC3)cccc2c1. The van der Waals surface area contributed by atoms with E-state index in [-0.39, 0.29) is 0 Å². The highest BCUT2D eigenvalue weighted by atomic mass is 16.5. The van der Waals surface area contributed by atoms with Gasteiger partial charge in [0.2, 0.25) is 0 Å². The molecular weight excluding hydrogens is 346 g/mol. The molecule has 0 radical (unpaired) electrons. The highest BCUT2D eigenvalue weighted by Gasteiger charge is 2.18. The standard InChI is InChI=1S/C24H27N3O/c1-2-6-23-19(4-1)5-3-7-24(23)27-12-10-26(11-13-27)14-15-28-22-9-8-20-17-25-18-21(20)16-22/h1-9,16,25H,10-15,17-18H2. The van der Waals surface area contributed by atoms with Gasteiger partial charge in [0.1, 0.15) is 12.4 Å². The number of rotatable bonds is 5. The Hall–Kier alpha value is -2.56. The third kappa shape index (κ3) is 3.58. The first-order valence-electron chi connectivity index (χ1n) is 10.3. The molecule has 0 aliphatic carbocycles. The maximum Gasteiger partial charge on any atom is 0.119 e. The predicted octanol–water partition coefficient (Wildman–Crippen LogP) is 3.64. The molecule has 0 atom stereocenters. The third-order valence-electron chi connectivity index (χ3n) is 5.96. The van der Waals surface area contributed by atoms with E-state index < -0.39 is 0 Å². The van der Waals surface area contributed by atoms with Crippen molar-refractivity contribution < 1.29 is 4.74 Å². The topological polar surface area (TPSA) is 27.7 Å². The number of hydrogen-bond donors (Lipinski definition) is 1. The van der Waals surface area contributed by atoms with Gasteiger partial charge in [0, 0.05) is 56.9 Å². The molecular formula is C24H27N3O. The molecule has 0 unspecified atom stereocenters. The van der Waals surface area contributed by atoms with Gasteiger partial charge in [-0.15, -0.1) is 0 Å². The van der Waals surface area contributed by atoms with E-state index in [1.54, 1.807) is 0 Å². The zero-order valence-corrected chi connectivity index (χ0v) is 16.2. The summed E-state index contributed by atoms with van der Waals surface area (Å²) in [5.74, 6) is 0.997. The molecule has 3 aromatic carbocycles. The summed E-state index contributed by atoms with van der Waals surface area (Å²) in [5, 5.41) is 6.06. The number of ether oxygens (including phenoxy) is 1. The van der Waals surface area contributed by atoms with Crippen LogP contribution >= 0.6 is 0 Å². The Morgan fingerprint density at radius 1 is 0.821 bits per heavy atom. The molecule has 0 amide bonds. The van der Waals surface area contributed by atoms with Gasteiger partial charge in [-0.1, -0.05) is 42.5 Å². The van der Waals surface area contributed by atoms with E-state index >= 15 is 0 Å². The Labute approximate surface area is 166 Å². The summed E-state index contributed by atoms with van der Waals surface area (Å²) in [6.45, 7) is 7.98. The van der Waals surface area contributed by atoms with Crippen LogP contribution in [0, 0.1) is 0 Å². The lowest BCUT2D eigenvalue weighted by atomic mass is 10.1. The smallest absolute Gasteiger partial charge is 0.119 e. The van der Waals surface area contributed by atoms with Crippen LogP contribution in [0.2, 0.25) is 0 Å². The Kier molecular flexibility index (Phi) is 4.90. The van der Waals surface area contributed by atoms with Crippen LogP contribution in [0.15, 0.2) is 60.7 Å². The van der Waals surface area contributed by atoms with Crippen LogP contribution in [0.3, 0.4) is 0 Å². The minimum Gasteiger partial charge on any atom is -0.492 e. The van der Waals surface area contributed by atoms with Crippen molar-refractivity contribution in [3.63, 3.8) is 0 Å². The van der Waals surface area contributed by atoms with Crippen molar-refractivity contribution in [1.82, 2.24) is 10.2 Å². The van der Waals surface area contributed by atoms with Crippen LogP contribution in [0.5, 0.6) is 5.75 Å².